The molecule has 0 radical (unpaired) electrons. The Balaban J connectivity index is 0.000000507. The summed E-state index contributed by atoms with van der Waals surface area (Å²) in [5.74, 6) is 0.904. The lowest BCUT2D eigenvalue weighted by atomic mass is 9.95. The van der Waals surface area contributed by atoms with Gasteiger partial charge in [-0.1, -0.05) is 68.4 Å². The summed E-state index contributed by atoms with van der Waals surface area (Å²) in [6.45, 7) is 19.2. The van der Waals surface area contributed by atoms with Crippen molar-refractivity contribution in [3.63, 3.8) is 0 Å². The average Bonchev–Trinajstić information content (AvgIpc) is 3.30. The minimum Gasteiger partial charge on any atom is -0.491 e. The van der Waals surface area contributed by atoms with Gasteiger partial charge >= 0.3 is 12.1 Å². The minimum absolute atomic E-state index is 0.0196. The van der Waals surface area contributed by atoms with Crippen LogP contribution in [-0.2, 0) is 42.8 Å². The number of methoxy groups -OCH3 is 1. The van der Waals surface area contributed by atoms with Crippen molar-refractivity contribution >= 4 is 41.0 Å². The van der Waals surface area contributed by atoms with Crippen LogP contribution in [0, 0.1) is 6.92 Å². The van der Waals surface area contributed by atoms with Gasteiger partial charge in [-0.25, -0.2) is 9.78 Å². The molecule has 3 aromatic carbocycles. The van der Waals surface area contributed by atoms with Crippen LogP contribution in [0.15, 0.2) is 79.0 Å². The van der Waals surface area contributed by atoms with Crippen molar-refractivity contribution in [3.05, 3.63) is 90.1 Å². The maximum atomic E-state index is 12.4. The van der Waals surface area contributed by atoms with Crippen molar-refractivity contribution in [2.24, 2.45) is 5.73 Å². The molecule has 66 heavy (non-hydrogen) atoms. The first-order valence-electron chi connectivity index (χ1n) is 22.6. The second kappa shape index (κ2) is 32.9. The Hall–Kier alpha value is -5.65. The molecule has 1 atom stereocenters. The highest BCUT2D eigenvalue weighted by Gasteiger charge is 2.24. The predicted octanol–water partition coefficient (Wildman–Crippen LogP) is 7.33. The first-order chi connectivity index (χ1) is 31.9. The number of ether oxygens (including phenoxy) is 7. The summed E-state index contributed by atoms with van der Waals surface area (Å²) in [6.07, 6.45) is 2.76. The molecular formula is C50H73N5O11. The number of rotatable bonds is 27. The number of carbonyl (C=O) groups is 4. The van der Waals surface area contributed by atoms with Gasteiger partial charge in [-0.05, 0) is 86.9 Å². The molecule has 1 unspecified atom stereocenters. The predicted molar refractivity (Wildman–Crippen MR) is 258 cm³/mol. The third kappa shape index (κ3) is 22.0. The van der Waals surface area contributed by atoms with Gasteiger partial charge in [0.1, 0.15) is 23.8 Å². The van der Waals surface area contributed by atoms with Gasteiger partial charge < -0.3 is 49.5 Å². The number of anilines is 1. The van der Waals surface area contributed by atoms with E-state index >= 15 is 0 Å². The number of esters is 1. The van der Waals surface area contributed by atoms with E-state index in [0.29, 0.717) is 104 Å². The standard InChI is InChI=1S/C31H40N2O8.C17H27N3O3.C2H6/c1-36-31(35)22-29(33-23-34)25-8-6-24(7-9-25)26-10-11-30(28-5-3-2-4-27(26)28)41-21-20-40-19-18-39-17-16-38-15-14-37-13-12-32;1-6-18-15(21)8-7-11-20(16(22)23-17(3,4)5)14-12-13(2)9-10-19-14;1-2/h2-11,23,29H,12-22,32H2,1H3,(H,33,34);9-10,12H,6-8,11H2,1-5H3,(H,18,21);1-2H3. The molecule has 0 bridgehead atoms. The van der Waals surface area contributed by atoms with E-state index in [1.54, 1.807) is 6.20 Å². The number of carbonyl (C=O) groups excluding carboxylic acids is 4. The minimum atomic E-state index is -0.585. The third-order valence-corrected chi connectivity index (χ3v) is 9.19. The molecule has 1 aromatic heterocycles. The fraction of sp³-hybridized carbons (Fsp3) is 0.500. The van der Waals surface area contributed by atoms with E-state index in [1.165, 1.54) is 12.0 Å². The van der Waals surface area contributed by atoms with Crippen molar-refractivity contribution in [1.82, 2.24) is 15.6 Å². The van der Waals surface area contributed by atoms with Crippen molar-refractivity contribution in [3.8, 4) is 16.9 Å². The van der Waals surface area contributed by atoms with Crippen LogP contribution in [0.2, 0.25) is 0 Å². The molecule has 0 saturated heterocycles. The molecule has 0 aliphatic rings. The maximum absolute atomic E-state index is 12.4. The molecule has 16 heteroatoms. The van der Waals surface area contributed by atoms with Gasteiger partial charge in [0, 0.05) is 37.6 Å². The van der Waals surface area contributed by atoms with E-state index in [0.717, 1.165) is 38.8 Å². The zero-order chi connectivity index (χ0) is 48.6. The van der Waals surface area contributed by atoms with Crippen LogP contribution in [0.1, 0.15) is 78.0 Å². The molecule has 364 valence electrons. The number of hydrogen-bond donors (Lipinski definition) is 3. The van der Waals surface area contributed by atoms with Crippen LogP contribution in [-0.4, -0.2) is 121 Å². The Morgan fingerprint density at radius 2 is 1.42 bits per heavy atom. The topological polar surface area (TPSA) is 199 Å². The van der Waals surface area contributed by atoms with Gasteiger partial charge in [-0.15, -0.1) is 0 Å². The number of benzene rings is 3. The van der Waals surface area contributed by atoms with Gasteiger partial charge in [0.05, 0.1) is 72.4 Å². The van der Waals surface area contributed by atoms with E-state index in [2.05, 4.69) is 21.7 Å². The normalized spacial score (nSPS) is 11.2. The molecule has 0 spiro atoms. The zero-order valence-corrected chi connectivity index (χ0v) is 40.2. The lowest BCUT2D eigenvalue weighted by molar-refractivity contribution is -0.141. The lowest BCUT2D eigenvalue weighted by Gasteiger charge is -2.27. The Kier molecular flexibility index (Phi) is 28.2. The number of hydrogen-bond acceptors (Lipinski definition) is 13. The van der Waals surface area contributed by atoms with Crippen LogP contribution in [0.25, 0.3) is 21.9 Å². The van der Waals surface area contributed by atoms with E-state index in [9.17, 15) is 19.2 Å². The monoisotopic (exact) mass is 920 g/mol. The van der Waals surface area contributed by atoms with E-state index < -0.39 is 23.7 Å². The van der Waals surface area contributed by atoms with E-state index in [4.69, 9.17) is 38.9 Å². The quantitative estimate of drug-likeness (QED) is 0.0305. The van der Waals surface area contributed by atoms with Crippen molar-refractivity contribution in [1.29, 1.82) is 0 Å². The fourth-order valence-electron chi connectivity index (χ4n) is 6.17. The van der Waals surface area contributed by atoms with Crippen LogP contribution in [0.3, 0.4) is 0 Å². The molecule has 1 heterocycles. The van der Waals surface area contributed by atoms with E-state index in [-0.39, 0.29) is 12.3 Å². The SMILES string of the molecule is CC.CCNC(=O)CCCN(C(=O)OC(C)(C)C)c1cc(C)ccn1.COC(=O)CC(NC=O)c1ccc(-c2ccc(OCCOCCOCCOCCOCCN)c3ccccc23)cc1. The van der Waals surface area contributed by atoms with Crippen LogP contribution in [0.4, 0.5) is 10.6 Å². The number of aromatic nitrogens is 1. The van der Waals surface area contributed by atoms with Gasteiger partial charge in [-0.3, -0.25) is 19.3 Å². The summed E-state index contributed by atoms with van der Waals surface area (Å²) in [5.41, 5.74) is 8.65. The number of nitrogens with zero attached hydrogens (tertiary/aromatic N) is 2. The Labute approximate surface area is 391 Å². The highest BCUT2D eigenvalue weighted by atomic mass is 16.6. The average molecular weight is 920 g/mol. The molecule has 3 amide bonds. The largest absolute Gasteiger partial charge is 0.491 e. The van der Waals surface area contributed by atoms with Crippen molar-refractivity contribution in [2.75, 3.05) is 91.1 Å². The molecule has 4 rings (SSSR count). The summed E-state index contributed by atoms with van der Waals surface area (Å²) in [6, 6.07) is 23.1. The summed E-state index contributed by atoms with van der Waals surface area (Å²) >= 11 is 0. The molecule has 16 nitrogen and oxygen atoms in total. The fourth-order valence-corrected chi connectivity index (χ4v) is 6.17. The van der Waals surface area contributed by atoms with Gasteiger partial charge in [0.15, 0.2) is 0 Å². The number of aryl methyl sites for hydroxylation is 1. The Morgan fingerprint density at radius 3 is 1.98 bits per heavy atom. The van der Waals surface area contributed by atoms with Crippen molar-refractivity contribution in [2.45, 2.75) is 79.4 Å². The molecule has 0 aliphatic heterocycles. The van der Waals surface area contributed by atoms with E-state index in [1.807, 2.05) is 115 Å². The highest BCUT2D eigenvalue weighted by molar-refractivity contribution is 6.00. The molecule has 0 saturated carbocycles. The maximum Gasteiger partial charge on any atom is 0.416 e. The molecule has 0 aliphatic carbocycles. The first-order valence-corrected chi connectivity index (χ1v) is 22.6. The summed E-state index contributed by atoms with van der Waals surface area (Å²) in [7, 11) is 1.33. The molecule has 4 aromatic rings. The van der Waals surface area contributed by atoms with Gasteiger partial charge in [-0.2, -0.15) is 0 Å². The molecule has 0 fully saturated rings. The van der Waals surface area contributed by atoms with Crippen LogP contribution >= 0.6 is 0 Å². The van der Waals surface area contributed by atoms with Crippen LogP contribution in [0.5, 0.6) is 5.75 Å². The zero-order valence-electron chi connectivity index (χ0n) is 40.2. The van der Waals surface area contributed by atoms with Crippen molar-refractivity contribution < 1.29 is 52.3 Å². The lowest BCUT2D eigenvalue weighted by Crippen LogP contribution is -2.38. The second-order valence-electron chi connectivity index (χ2n) is 15.4. The first kappa shape index (κ1) is 56.5. The smallest absolute Gasteiger partial charge is 0.416 e. The van der Waals surface area contributed by atoms with Crippen LogP contribution < -0.4 is 26.0 Å². The number of fused-ring (bicyclic) bond motifs is 1. The number of amides is 3. The Bertz CT molecular complexity index is 1990. The third-order valence-electron chi connectivity index (χ3n) is 9.19. The number of nitrogens with two attached hydrogens (primary N) is 1. The molecular weight excluding hydrogens is 847 g/mol. The second-order valence-corrected chi connectivity index (χ2v) is 15.4. The number of nitrogens with one attached hydrogen (secondary N) is 2. The van der Waals surface area contributed by atoms with Gasteiger partial charge in [0.25, 0.3) is 0 Å². The summed E-state index contributed by atoms with van der Waals surface area (Å²) in [4.78, 5) is 52.5. The van der Waals surface area contributed by atoms with Gasteiger partial charge in [0.2, 0.25) is 12.3 Å². The summed E-state index contributed by atoms with van der Waals surface area (Å²) < 4.78 is 38.0. The summed E-state index contributed by atoms with van der Waals surface area (Å²) in [5, 5.41) is 7.48. The number of pyridine rings is 1. The highest BCUT2D eigenvalue weighted by Crippen LogP contribution is 2.35. The Morgan fingerprint density at radius 1 is 0.818 bits per heavy atom. The molecule has 4 N–H and O–H groups in total.